The van der Waals surface area contributed by atoms with E-state index in [9.17, 15) is 9.79 Å². The van der Waals surface area contributed by atoms with Crippen molar-refractivity contribution in [2.75, 3.05) is 13.2 Å². The molecule has 2 rings (SSSR count). The lowest BCUT2D eigenvalue weighted by Crippen LogP contribution is -2.48. The topological polar surface area (TPSA) is 64.5 Å². The fourth-order valence-corrected chi connectivity index (χ4v) is 3.75. The number of hydrogen-bond donors (Lipinski definition) is 2. The smallest absolute Gasteiger partial charge is 0.219 e. The highest BCUT2D eigenvalue weighted by Gasteiger charge is 2.30. The van der Waals surface area contributed by atoms with Crippen LogP contribution in [0.25, 0.3) is 0 Å². The zero-order valence-corrected chi connectivity index (χ0v) is 12.0. The number of hydrogen-bond acceptors (Lipinski definition) is 4. The van der Waals surface area contributed by atoms with Crippen LogP contribution >= 0.6 is 8.00 Å². The first-order valence-electron chi connectivity index (χ1n) is 7.03. The highest BCUT2D eigenvalue weighted by Crippen LogP contribution is 2.30. The first-order valence-corrected chi connectivity index (χ1v) is 8.25. The Balaban J connectivity index is 1.94. The molecular formula is C13H24NO3P. The predicted molar refractivity (Wildman–Crippen MR) is 72.5 cm³/mol. The van der Waals surface area contributed by atoms with Crippen LogP contribution in [0.15, 0.2) is 0 Å². The summed E-state index contributed by atoms with van der Waals surface area (Å²) < 4.78 is 5.71. The van der Waals surface area contributed by atoms with Gasteiger partial charge in [-0.15, -0.1) is 0 Å². The SMILES string of the molecule is C[C@@H]1CO[C@H](C(CC2CCCCC2)=[P+]([O-])O)CN1. The fraction of sp³-hybridized carbons (Fsp3) is 0.923. The molecule has 2 fully saturated rings. The lowest BCUT2D eigenvalue weighted by atomic mass is 9.85. The van der Waals surface area contributed by atoms with Gasteiger partial charge in [0, 0.05) is 19.0 Å². The third-order valence-corrected chi connectivity index (χ3v) is 5.00. The second kappa shape index (κ2) is 6.97. The van der Waals surface area contributed by atoms with E-state index in [-0.39, 0.29) is 6.10 Å². The summed E-state index contributed by atoms with van der Waals surface area (Å²) in [5, 5.41) is 4.04. The van der Waals surface area contributed by atoms with E-state index in [0.29, 0.717) is 25.1 Å². The van der Waals surface area contributed by atoms with Crippen LogP contribution < -0.4 is 10.2 Å². The average molecular weight is 273 g/mol. The number of nitrogens with one attached hydrogen (secondary N) is 1. The van der Waals surface area contributed by atoms with Gasteiger partial charge in [-0.2, -0.15) is 4.89 Å². The predicted octanol–water partition coefficient (Wildman–Crippen LogP) is 1.17. The van der Waals surface area contributed by atoms with Crippen LogP contribution in [0.5, 0.6) is 0 Å². The molecule has 0 aromatic heterocycles. The highest BCUT2D eigenvalue weighted by atomic mass is 31.1. The Morgan fingerprint density at radius 1 is 1.39 bits per heavy atom. The molecule has 4 nitrogen and oxygen atoms in total. The quantitative estimate of drug-likeness (QED) is 0.758. The molecule has 1 aliphatic heterocycles. The van der Waals surface area contributed by atoms with Gasteiger partial charge < -0.3 is 14.9 Å². The molecular weight excluding hydrogens is 249 g/mol. The van der Waals surface area contributed by atoms with Crippen LogP contribution in [-0.2, 0) is 4.74 Å². The Labute approximate surface area is 110 Å². The number of rotatable bonds is 3. The van der Waals surface area contributed by atoms with Gasteiger partial charge in [0.05, 0.1) is 6.61 Å². The molecule has 1 saturated carbocycles. The van der Waals surface area contributed by atoms with Crippen molar-refractivity contribution in [2.45, 2.75) is 57.6 Å². The Hall–Kier alpha value is 0.01000. The van der Waals surface area contributed by atoms with Gasteiger partial charge in [0.1, 0.15) is 6.10 Å². The molecule has 1 heterocycles. The molecule has 0 aromatic carbocycles. The summed E-state index contributed by atoms with van der Waals surface area (Å²) in [5.41, 5.74) is 0. The van der Waals surface area contributed by atoms with Crippen LogP contribution in [0.3, 0.4) is 0 Å². The zero-order valence-electron chi connectivity index (χ0n) is 11.1. The van der Waals surface area contributed by atoms with Crippen LogP contribution in [0.1, 0.15) is 45.4 Å². The van der Waals surface area contributed by atoms with Crippen LogP contribution in [0.4, 0.5) is 0 Å². The second-order valence-corrected chi connectivity index (χ2v) is 6.72. The maximum atomic E-state index is 11.6. The third kappa shape index (κ3) is 4.01. The van der Waals surface area contributed by atoms with Crippen molar-refractivity contribution in [1.82, 2.24) is 5.32 Å². The lowest BCUT2D eigenvalue weighted by Gasteiger charge is -2.29. The van der Waals surface area contributed by atoms with E-state index >= 15 is 0 Å². The van der Waals surface area contributed by atoms with Crippen molar-refractivity contribution in [3.8, 4) is 0 Å². The maximum absolute atomic E-state index is 11.6. The monoisotopic (exact) mass is 273 g/mol. The fourth-order valence-electron chi connectivity index (χ4n) is 2.92. The van der Waals surface area contributed by atoms with Crippen molar-refractivity contribution in [3.63, 3.8) is 0 Å². The van der Waals surface area contributed by atoms with Crippen molar-refractivity contribution < 1.29 is 14.5 Å². The molecule has 1 saturated heterocycles. The minimum atomic E-state index is -2.22. The van der Waals surface area contributed by atoms with Gasteiger partial charge in [-0.25, -0.2) is 0 Å². The van der Waals surface area contributed by atoms with Crippen LogP contribution in [0, 0.1) is 5.92 Å². The first kappa shape index (κ1) is 14.4. The van der Waals surface area contributed by atoms with Crippen molar-refractivity contribution in [2.24, 2.45) is 5.92 Å². The van der Waals surface area contributed by atoms with Crippen molar-refractivity contribution in [1.29, 1.82) is 0 Å². The van der Waals surface area contributed by atoms with Gasteiger partial charge in [-0.05, 0) is 25.7 Å². The molecule has 2 N–H and O–H groups in total. The van der Waals surface area contributed by atoms with Crippen LogP contribution in [-0.4, -0.2) is 35.5 Å². The minimum Gasteiger partial charge on any atom is -0.603 e. The highest BCUT2D eigenvalue weighted by molar-refractivity contribution is 7.46. The molecule has 3 atom stereocenters. The standard InChI is InChI=1S/C13H24NO3P/c1-10-9-17-12(8-14-10)13(18(15)16)7-11-5-3-2-4-6-11/h10-12,14H,2-9H2,1H3,(H,15,16)/t10-,12+/m1/s1. The van der Waals surface area contributed by atoms with E-state index in [1.54, 1.807) is 0 Å². The molecule has 5 heteroatoms. The summed E-state index contributed by atoms with van der Waals surface area (Å²) in [4.78, 5) is 21.1. The molecule has 0 amide bonds. The van der Waals surface area contributed by atoms with E-state index < -0.39 is 8.00 Å². The molecule has 0 radical (unpaired) electrons. The Bertz CT molecular complexity index is 291. The third-order valence-electron chi connectivity index (χ3n) is 4.04. The summed E-state index contributed by atoms with van der Waals surface area (Å²) in [6, 6.07) is 0.341. The molecule has 0 bridgehead atoms. The first-order chi connectivity index (χ1) is 8.66. The molecule has 1 aliphatic carbocycles. The van der Waals surface area contributed by atoms with Gasteiger partial charge >= 0.3 is 0 Å². The second-order valence-electron chi connectivity index (χ2n) is 5.60. The Kier molecular flexibility index (Phi) is 5.58. The van der Waals surface area contributed by atoms with E-state index in [0.717, 1.165) is 11.7 Å². The van der Waals surface area contributed by atoms with E-state index in [1.807, 2.05) is 0 Å². The molecule has 0 aromatic rings. The van der Waals surface area contributed by atoms with Gasteiger partial charge in [0.25, 0.3) is 0 Å². The largest absolute Gasteiger partial charge is 0.603 e. The summed E-state index contributed by atoms with van der Waals surface area (Å²) >= 11 is 0. The Morgan fingerprint density at radius 3 is 2.67 bits per heavy atom. The van der Waals surface area contributed by atoms with Gasteiger partial charge in [-0.1, -0.05) is 19.3 Å². The van der Waals surface area contributed by atoms with Crippen molar-refractivity contribution in [3.05, 3.63) is 0 Å². The average Bonchev–Trinajstić information content (AvgIpc) is 2.38. The summed E-state index contributed by atoms with van der Waals surface area (Å²) in [5.74, 6) is 0.586. The molecule has 1 unspecified atom stereocenters. The minimum absolute atomic E-state index is 0.170. The summed E-state index contributed by atoms with van der Waals surface area (Å²) in [6.07, 6.45) is 6.84. The lowest BCUT2D eigenvalue weighted by molar-refractivity contribution is -0.168. The zero-order chi connectivity index (χ0) is 13.0. The molecule has 18 heavy (non-hydrogen) atoms. The summed E-state index contributed by atoms with van der Waals surface area (Å²) in [6.45, 7) is 3.36. The van der Waals surface area contributed by atoms with Crippen molar-refractivity contribution >= 4 is 13.3 Å². The number of ether oxygens (including phenoxy) is 1. The van der Waals surface area contributed by atoms with Crippen LogP contribution in [0.2, 0.25) is 0 Å². The molecule has 104 valence electrons. The van der Waals surface area contributed by atoms with E-state index in [1.165, 1.54) is 32.1 Å². The Morgan fingerprint density at radius 2 is 2.11 bits per heavy atom. The molecule has 0 spiro atoms. The van der Waals surface area contributed by atoms with Gasteiger partial charge in [0.15, 0.2) is 5.29 Å². The summed E-state index contributed by atoms with van der Waals surface area (Å²) in [7, 11) is -2.22. The maximum Gasteiger partial charge on any atom is 0.219 e. The van der Waals surface area contributed by atoms with Gasteiger partial charge in [0.2, 0.25) is 8.00 Å². The number of morpholine rings is 1. The van der Waals surface area contributed by atoms with E-state index in [2.05, 4.69) is 12.2 Å². The van der Waals surface area contributed by atoms with Gasteiger partial charge in [-0.3, -0.25) is 0 Å². The molecule has 2 aliphatic rings. The van der Waals surface area contributed by atoms with E-state index in [4.69, 9.17) is 4.74 Å². The normalized spacial score (nSPS) is 32.2.